The highest BCUT2D eigenvalue weighted by molar-refractivity contribution is 7.99. The second-order valence-corrected chi connectivity index (χ2v) is 9.70. The van der Waals surface area contributed by atoms with Crippen LogP contribution in [0.1, 0.15) is 49.4 Å². The molecular formula is C23H28N4O3S2. The van der Waals surface area contributed by atoms with Crippen LogP contribution in [0.25, 0.3) is 10.2 Å². The van der Waals surface area contributed by atoms with E-state index in [-0.39, 0.29) is 29.2 Å². The fraction of sp³-hybridized carbons (Fsp3) is 0.391. The second-order valence-electron chi connectivity index (χ2n) is 7.65. The van der Waals surface area contributed by atoms with Crippen LogP contribution in [0.5, 0.6) is 0 Å². The van der Waals surface area contributed by atoms with Crippen LogP contribution in [0.2, 0.25) is 0 Å². The average molecular weight is 473 g/mol. The van der Waals surface area contributed by atoms with Gasteiger partial charge in [0.05, 0.1) is 22.4 Å². The largest absolute Gasteiger partial charge is 0.350 e. The van der Waals surface area contributed by atoms with Crippen LogP contribution in [0.4, 0.5) is 5.69 Å². The van der Waals surface area contributed by atoms with Crippen molar-refractivity contribution >= 4 is 50.8 Å². The molecule has 2 N–H and O–H groups in total. The topological polar surface area (TPSA) is 93.1 Å². The van der Waals surface area contributed by atoms with Crippen LogP contribution >= 0.6 is 23.1 Å². The average Bonchev–Trinajstić information content (AvgIpc) is 3.18. The van der Waals surface area contributed by atoms with Gasteiger partial charge >= 0.3 is 0 Å². The van der Waals surface area contributed by atoms with E-state index >= 15 is 0 Å². The zero-order chi connectivity index (χ0) is 23.3. The maximum absolute atomic E-state index is 13.0. The number of hydrogen-bond donors (Lipinski definition) is 2. The molecule has 2 heterocycles. The van der Waals surface area contributed by atoms with Gasteiger partial charge in [0.2, 0.25) is 5.91 Å². The molecule has 2 aromatic heterocycles. The van der Waals surface area contributed by atoms with Gasteiger partial charge in [-0.25, -0.2) is 4.98 Å². The van der Waals surface area contributed by atoms with Crippen molar-refractivity contribution in [2.75, 3.05) is 11.1 Å². The lowest BCUT2D eigenvalue weighted by molar-refractivity contribution is -0.113. The minimum Gasteiger partial charge on any atom is -0.350 e. The van der Waals surface area contributed by atoms with Gasteiger partial charge in [-0.1, -0.05) is 37.7 Å². The molecular weight excluding hydrogens is 444 g/mol. The summed E-state index contributed by atoms with van der Waals surface area (Å²) >= 11 is 2.75. The van der Waals surface area contributed by atoms with Crippen LogP contribution in [0, 0.1) is 0 Å². The fourth-order valence-corrected chi connectivity index (χ4v) is 5.03. The lowest BCUT2D eigenvalue weighted by atomic mass is 10.1. The molecule has 170 valence electrons. The van der Waals surface area contributed by atoms with Crippen molar-refractivity contribution in [2.24, 2.45) is 0 Å². The number of thioether (sulfide) groups is 1. The molecule has 0 unspecified atom stereocenters. The van der Waals surface area contributed by atoms with Crippen molar-refractivity contribution in [3.8, 4) is 0 Å². The van der Waals surface area contributed by atoms with Crippen LogP contribution < -0.4 is 16.2 Å². The Kier molecular flexibility index (Phi) is 8.09. The van der Waals surface area contributed by atoms with Gasteiger partial charge in [0.1, 0.15) is 4.83 Å². The summed E-state index contributed by atoms with van der Waals surface area (Å²) in [7, 11) is 0. The highest BCUT2D eigenvalue weighted by Gasteiger charge is 2.17. The highest BCUT2D eigenvalue weighted by Crippen LogP contribution is 2.25. The van der Waals surface area contributed by atoms with Crippen molar-refractivity contribution in [1.82, 2.24) is 14.9 Å². The van der Waals surface area contributed by atoms with Gasteiger partial charge in [-0.15, -0.1) is 11.3 Å². The van der Waals surface area contributed by atoms with Gasteiger partial charge in [0, 0.05) is 17.5 Å². The maximum Gasteiger partial charge on any atom is 0.262 e. The molecule has 32 heavy (non-hydrogen) atoms. The molecule has 2 amide bonds. The lowest BCUT2D eigenvalue weighted by Gasteiger charge is -2.14. The SMILES string of the molecule is CCCn1c(SCC(=O)Nc2ccccc2C(=O)NC(C)C)nc2sc(CC)cc2c1=O. The number of para-hydroxylation sites is 1. The Bertz CT molecular complexity index is 1180. The molecule has 0 atom stereocenters. The van der Waals surface area contributed by atoms with Gasteiger partial charge in [0.15, 0.2) is 5.16 Å². The summed E-state index contributed by atoms with van der Waals surface area (Å²) in [5.41, 5.74) is 0.801. The zero-order valence-corrected chi connectivity index (χ0v) is 20.4. The monoisotopic (exact) mass is 472 g/mol. The second kappa shape index (κ2) is 10.8. The van der Waals surface area contributed by atoms with Gasteiger partial charge < -0.3 is 10.6 Å². The standard InChI is InChI=1S/C23H28N4O3S2/c1-5-11-27-22(30)17-12-15(6-2)32-21(17)26-23(27)31-13-19(28)25-18-10-8-7-9-16(18)20(29)24-14(3)4/h7-10,12,14H,5-6,11,13H2,1-4H3,(H,24,29)(H,25,28). The normalized spacial score (nSPS) is 11.2. The summed E-state index contributed by atoms with van der Waals surface area (Å²) in [6.07, 6.45) is 1.64. The lowest BCUT2D eigenvalue weighted by Crippen LogP contribution is -2.31. The van der Waals surface area contributed by atoms with Crippen molar-refractivity contribution in [1.29, 1.82) is 0 Å². The van der Waals surface area contributed by atoms with Crippen LogP contribution in [0.15, 0.2) is 40.3 Å². The van der Waals surface area contributed by atoms with Crippen molar-refractivity contribution in [3.05, 3.63) is 51.1 Å². The van der Waals surface area contributed by atoms with E-state index in [0.717, 1.165) is 17.7 Å². The summed E-state index contributed by atoms with van der Waals surface area (Å²) in [5, 5.41) is 6.83. The molecule has 0 aliphatic rings. The van der Waals surface area contributed by atoms with Crippen molar-refractivity contribution in [3.63, 3.8) is 0 Å². The number of thiophene rings is 1. The summed E-state index contributed by atoms with van der Waals surface area (Å²) < 4.78 is 1.65. The Morgan fingerprint density at radius 3 is 2.66 bits per heavy atom. The number of amides is 2. The smallest absolute Gasteiger partial charge is 0.262 e. The molecule has 3 aromatic rings. The number of anilines is 1. The highest BCUT2D eigenvalue weighted by atomic mass is 32.2. The number of hydrogen-bond acceptors (Lipinski definition) is 6. The zero-order valence-electron chi connectivity index (χ0n) is 18.7. The Labute approximate surface area is 195 Å². The first-order valence-corrected chi connectivity index (χ1v) is 12.5. The first-order chi connectivity index (χ1) is 15.3. The number of aryl methyl sites for hydroxylation is 1. The Morgan fingerprint density at radius 1 is 1.22 bits per heavy atom. The first-order valence-electron chi connectivity index (χ1n) is 10.7. The van der Waals surface area contributed by atoms with E-state index in [1.54, 1.807) is 28.8 Å². The van der Waals surface area contributed by atoms with Gasteiger partial charge in [0.25, 0.3) is 11.5 Å². The molecule has 0 saturated carbocycles. The third-order valence-electron chi connectivity index (χ3n) is 4.66. The van der Waals surface area contributed by atoms with Gasteiger partial charge in [-0.2, -0.15) is 0 Å². The Morgan fingerprint density at radius 2 is 1.97 bits per heavy atom. The molecule has 0 aliphatic carbocycles. The van der Waals surface area contributed by atoms with E-state index in [9.17, 15) is 14.4 Å². The Balaban J connectivity index is 1.79. The minimum absolute atomic E-state index is 0.0106. The van der Waals surface area contributed by atoms with E-state index in [1.807, 2.05) is 26.8 Å². The number of nitrogens with one attached hydrogen (secondary N) is 2. The number of nitrogens with zero attached hydrogens (tertiary/aromatic N) is 2. The molecule has 3 rings (SSSR count). The molecule has 0 spiro atoms. The van der Waals surface area contributed by atoms with Gasteiger partial charge in [-0.05, 0) is 44.9 Å². The number of rotatable bonds is 9. The van der Waals surface area contributed by atoms with Crippen LogP contribution in [-0.4, -0.2) is 33.2 Å². The van der Waals surface area contributed by atoms with E-state index < -0.39 is 0 Å². The summed E-state index contributed by atoms with van der Waals surface area (Å²) in [6.45, 7) is 8.36. The summed E-state index contributed by atoms with van der Waals surface area (Å²) in [6, 6.07) is 8.81. The minimum atomic E-state index is -0.266. The number of benzene rings is 1. The van der Waals surface area contributed by atoms with Crippen molar-refractivity contribution < 1.29 is 9.59 Å². The van der Waals surface area contributed by atoms with E-state index in [4.69, 9.17) is 0 Å². The molecule has 0 saturated heterocycles. The molecule has 0 aliphatic heterocycles. The third-order valence-corrected chi connectivity index (χ3v) is 6.81. The summed E-state index contributed by atoms with van der Waals surface area (Å²) in [4.78, 5) is 44.6. The van der Waals surface area contributed by atoms with E-state index in [0.29, 0.717) is 33.2 Å². The number of carbonyl (C=O) groups is 2. The maximum atomic E-state index is 13.0. The third kappa shape index (κ3) is 5.58. The molecule has 0 radical (unpaired) electrons. The molecule has 7 nitrogen and oxygen atoms in total. The first kappa shape index (κ1) is 24.0. The summed E-state index contributed by atoms with van der Waals surface area (Å²) in [5.74, 6) is -0.428. The fourth-order valence-electron chi connectivity index (χ4n) is 3.20. The molecule has 1 aromatic carbocycles. The number of aromatic nitrogens is 2. The molecule has 0 bridgehead atoms. The van der Waals surface area contributed by atoms with Gasteiger partial charge in [-0.3, -0.25) is 19.0 Å². The molecule has 9 heteroatoms. The van der Waals surface area contributed by atoms with Crippen molar-refractivity contribution in [2.45, 2.75) is 58.3 Å². The Hall–Kier alpha value is -2.65. The van der Waals surface area contributed by atoms with Crippen LogP contribution in [-0.2, 0) is 17.8 Å². The predicted molar refractivity (Wildman–Crippen MR) is 132 cm³/mol. The quantitative estimate of drug-likeness (QED) is 0.358. The predicted octanol–water partition coefficient (Wildman–Crippen LogP) is 4.30. The number of fused-ring (bicyclic) bond motifs is 1. The number of carbonyl (C=O) groups excluding carboxylic acids is 2. The molecule has 0 fully saturated rings. The van der Waals surface area contributed by atoms with E-state index in [1.165, 1.54) is 23.1 Å². The van der Waals surface area contributed by atoms with E-state index in [2.05, 4.69) is 22.5 Å². The van der Waals surface area contributed by atoms with Crippen LogP contribution in [0.3, 0.4) is 0 Å².